The maximum atomic E-state index is 11.3. The normalized spacial score (nSPS) is 15.6. The third-order valence-corrected chi connectivity index (χ3v) is 2.80. The maximum absolute atomic E-state index is 11.3. The number of hydrogen-bond acceptors (Lipinski definition) is 2. The van der Waals surface area contributed by atoms with Gasteiger partial charge in [-0.3, -0.25) is 15.2 Å². The van der Waals surface area contributed by atoms with Gasteiger partial charge in [0.2, 0.25) is 0 Å². The molecular weight excluding hydrogens is 212 g/mol. The Kier molecular flexibility index (Phi) is 3.18. The fraction of sp³-hybridized carbons (Fsp3) is 0.357. The van der Waals surface area contributed by atoms with Crippen molar-refractivity contribution < 1.29 is 4.79 Å². The van der Waals surface area contributed by atoms with Crippen LogP contribution >= 0.6 is 0 Å². The lowest BCUT2D eigenvalue weighted by atomic mass is 10.0. The SMILES string of the molecule is C=C1CN(c2ccc(CC(C)C)cc2)NC1=O. The number of carbonyl (C=O) groups is 1. The van der Waals surface area contributed by atoms with Gasteiger partial charge in [0.05, 0.1) is 12.2 Å². The van der Waals surface area contributed by atoms with Crippen LogP contribution in [0, 0.1) is 5.92 Å². The summed E-state index contributed by atoms with van der Waals surface area (Å²) in [4.78, 5) is 11.3. The summed E-state index contributed by atoms with van der Waals surface area (Å²) < 4.78 is 0. The van der Waals surface area contributed by atoms with E-state index in [2.05, 4.69) is 38.0 Å². The number of benzene rings is 1. The number of carbonyl (C=O) groups excluding carboxylic acids is 1. The standard InChI is InChI=1S/C14H18N2O/c1-10(2)8-12-4-6-13(7-5-12)16-9-11(3)14(17)15-16/h4-7,10H,3,8-9H2,1-2H3,(H,15,17). The summed E-state index contributed by atoms with van der Waals surface area (Å²) in [5.74, 6) is 0.573. The molecule has 0 aromatic heterocycles. The summed E-state index contributed by atoms with van der Waals surface area (Å²) in [5, 5.41) is 1.82. The number of amides is 1. The number of nitrogens with one attached hydrogen (secondary N) is 1. The van der Waals surface area contributed by atoms with Gasteiger partial charge in [0.25, 0.3) is 5.91 Å². The molecule has 1 aromatic carbocycles. The maximum Gasteiger partial charge on any atom is 0.267 e. The highest BCUT2D eigenvalue weighted by Gasteiger charge is 2.22. The lowest BCUT2D eigenvalue weighted by Crippen LogP contribution is -2.32. The predicted octanol–water partition coefficient (Wildman–Crippen LogP) is 2.29. The molecule has 3 nitrogen and oxygen atoms in total. The quantitative estimate of drug-likeness (QED) is 0.808. The van der Waals surface area contributed by atoms with E-state index in [1.165, 1.54) is 5.56 Å². The summed E-state index contributed by atoms with van der Waals surface area (Å²) in [6, 6.07) is 8.30. The van der Waals surface area contributed by atoms with Crippen molar-refractivity contribution in [3.63, 3.8) is 0 Å². The van der Waals surface area contributed by atoms with Crippen molar-refractivity contribution >= 4 is 11.6 Å². The van der Waals surface area contributed by atoms with Crippen molar-refractivity contribution in [2.45, 2.75) is 20.3 Å². The van der Waals surface area contributed by atoms with E-state index in [-0.39, 0.29) is 5.91 Å². The van der Waals surface area contributed by atoms with Crippen LogP contribution < -0.4 is 10.4 Å². The van der Waals surface area contributed by atoms with Gasteiger partial charge in [0, 0.05) is 5.57 Å². The first-order valence-corrected chi connectivity index (χ1v) is 5.91. The van der Waals surface area contributed by atoms with Crippen LogP contribution in [0.5, 0.6) is 0 Å². The van der Waals surface area contributed by atoms with E-state index in [1.807, 2.05) is 17.1 Å². The van der Waals surface area contributed by atoms with Crippen molar-refractivity contribution in [2.75, 3.05) is 11.6 Å². The fourth-order valence-electron chi connectivity index (χ4n) is 1.94. The van der Waals surface area contributed by atoms with E-state index in [4.69, 9.17) is 0 Å². The molecule has 1 aromatic rings. The zero-order valence-electron chi connectivity index (χ0n) is 10.4. The molecule has 2 rings (SSSR count). The van der Waals surface area contributed by atoms with Crippen LogP contribution in [0.15, 0.2) is 36.4 Å². The van der Waals surface area contributed by atoms with Gasteiger partial charge in [0.1, 0.15) is 0 Å². The number of hydrazine groups is 1. The smallest absolute Gasteiger partial charge is 0.267 e. The third kappa shape index (κ3) is 2.67. The minimum absolute atomic E-state index is 0.0868. The monoisotopic (exact) mass is 230 g/mol. The molecule has 0 saturated carbocycles. The number of anilines is 1. The van der Waals surface area contributed by atoms with Gasteiger partial charge >= 0.3 is 0 Å². The molecule has 1 fully saturated rings. The van der Waals surface area contributed by atoms with Gasteiger partial charge in [-0.15, -0.1) is 0 Å². The Balaban J connectivity index is 2.08. The average molecular weight is 230 g/mol. The van der Waals surface area contributed by atoms with Crippen molar-refractivity contribution in [1.82, 2.24) is 5.43 Å². The Bertz CT molecular complexity index is 418. The molecular formula is C14H18N2O. The highest BCUT2D eigenvalue weighted by atomic mass is 16.2. The summed E-state index contributed by atoms with van der Waals surface area (Å²) >= 11 is 0. The Labute approximate surface area is 102 Å². The Morgan fingerprint density at radius 3 is 2.47 bits per heavy atom. The molecule has 3 heteroatoms. The number of hydrogen-bond donors (Lipinski definition) is 1. The van der Waals surface area contributed by atoms with E-state index in [9.17, 15) is 4.79 Å². The minimum atomic E-state index is -0.0868. The summed E-state index contributed by atoms with van der Waals surface area (Å²) in [6.45, 7) is 8.69. The first kappa shape index (κ1) is 11.7. The Morgan fingerprint density at radius 1 is 1.35 bits per heavy atom. The van der Waals surface area contributed by atoms with E-state index < -0.39 is 0 Å². The van der Waals surface area contributed by atoms with Crippen LogP contribution in [0.3, 0.4) is 0 Å². The van der Waals surface area contributed by atoms with Crippen LogP contribution in [0.4, 0.5) is 5.69 Å². The molecule has 0 unspecified atom stereocenters. The fourth-order valence-corrected chi connectivity index (χ4v) is 1.94. The van der Waals surface area contributed by atoms with Crippen molar-refractivity contribution in [1.29, 1.82) is 0 Å². The first-order valence-electron chi connectivity index (χ1n) is 5.91. The van der Waals surface area contributed by atoms with Crippen LogP contribution in [-0.4, -0.2) is 12.5 Å². The molecule has 0 aliphatic carbocycles. The van der Waals surface area contributed by atoms with E-state index in [0.29, 0.717) is 18.0 Å². The zero-order valence-corrected chi connectivity index (χ0v) is 10.4. The second kappa shape index (κ2) is 4.62. The first-order chi connectivity index (χ1) is 8.06. The van der Waals surface area contributed by atoms with Gasteiger partial charge in [-0.1, -0.05) is 32.6 Å². The van der Waals surface area contributed by atoms with Crippen LogP contribution in [0.2, 0.25) is 0 Å². The van der Waals surface area contributed by atoms with Crippen LogP contribution in [0.1, 0.15) is 19.4 Å². The van der Waals surface area contributed by atoms with E-state index >= 15 is 0 Å². The zero-order chi connectivity index (χ0) is 12.4. The van der Waals surface area contributed by atoms with Gasteiger partial charge in [-0.2, -0.15) is 0 Å². The molecule has 0 bridgehead atoms. The summed E-state index contributed by atoms with van der Waals surface area (Å²) in [7, 11) is 0. The second-order valence-corrected chi connectivity index (χ2v) is 4.90. The molecule has 1 aliphatic rings. The average Bonchev–Trinajstić information content (AvgIpc) is 2.59. The molecule has 17 heavy (non-hydrogen) atoms. The molecule has 1 N–H and O–H groups in total. The molecule has 0 atom stereocenters. The van der Waals surface area contributed by atoms with Crippen molar-refractivity contribution in [3.05, 3.63) is 42.0 Å². The molecule has 0 radical (unpaired) electrons. The molecule has 1 aliphatic heterocycles. The van der Waals surface area contributed by atoms with Gasteiger partial charge in [-0.25, -0.2) is 0 Å². The summed E-state index contributed by atoms with van der Waals surface area (Å²) in [6.07, 6.45) is 1.08. The topological polar surface area (TPSA) is 32.3 Å². The highest BCUT2D eigenvalue weighted by molar-refractivity contribution is 5.97. The highest BCUT2D eigenvalue weighted by Crippen LogP contribution is 2.19. The molecule has 1 saturated heterocycles. The molecule has 1 heterocycles. The van der Waals surface area contributed by atoms with Gasteiger partial charge < -0.3 is 0 Å². The van der Waals surface area contributed by atoms with Gasteiger partial charge in [0.15, 0.2) is 0 Å². The molecule has 0 spiro atoms. The Hall–Kier alpha value is -1.77. The van der Waals surface area contributed by atoms with E-state index in [0.717, 1.165) is 12.1 Å². The van der Waals surface area contributed by atoms with Crippen molar-refractivity contribution in [2.24, 2.45) is 5.92 Å². The molecule has 90 valence electrons. The lowest BCUT2D eigenvalue weighted by Gasteiger charge is -2.17. The van der Waals surface area contributed by atoms with Gasteiger partial charge in [-0.05, 0) is 30.0 Å². The van der Waals surface area contributed by atoms with E-state index in [1.54, 1.807) is 0 Å². The third-order valence-electron chi connectivity index (χ3n) is 2.80. The summed E-state index contributed by atoms with van der Waals surface area (Å²) in [5.41, 5.74) is 5.71. The van der Waals surface area contributed by atoms with Crippen LogP contribution in [-0.2, 0) is 11.2 Å². The number of nitrogens with zero attached hydrogens (tertiary/aromatic N) is 1. The largest absolute Gasteiger partial charge is 0.281 e. The lowest BCUT2D eigenvalue weighted by molar-refractivity contribution is -0.116. The number of rotatable bonds is 3. The predicted molar refractivity (Wildman–Crippen MR) is 69.6 cm³/mol. The van der Waals surface area contributed by atoms with Crippen molar-refractivity contribution in [3.8, 4) is 0 Å². The minimum Gasteiger partial charge on any atom is -0.281 e. The van der Waals surface area contributed by atoms with Crippen LogP contribution in [0.25, 0.3) is 0 Å². The molecule has 1 amide bonds. The second-order valence-electron chi connectivity index (χ2n) is 4.90. The Morgan fingerprint density at radius 2 is 2.00 bits per heavy atom.